The third kappa shape index (κ3) is 1.87. The Hall–Kier alpha value is -1.52. The van der Waals surface area contributed by atoms with E-state index in [1.807, 2.05) is 38.1 Å². The maximum absolute atomic E-state index is 6.20. The lowest BCUT2D eigenvalue weighted by Gasteiger charge is -2.02. The van der Waals surface area contributed by atoms with Crippen molar-refractivity contribution >= 4 is 33.8 Å². The monoisotopic (exact) mass is 275 g/mol. The molecule has 0 radical (unpaired) electrons. The van der Waals surface area contributed by atoms with Gasteiger partial charge >= 0.3 is 0 Å². The summed E-state index contributed by atoms with van der Waals surface area (Å²) in [6.45, 7) is 3.94. The van der Waals surface area contributed by atoms with Crippen LogP contribution in [0.3, 0.4) is 0 Å². The van der Waals surface area contributed by atoms with Crippen LogP contribution in [0.25, 0.3) is 21.6 Å². The van der Waals surface area contributed by atoms with Crippen molar-refractivity contribution in [1.82, 2.24) is 15.0 Å². The standard InChI is InChI=1S/C13H10ClN3S/c1-7-11(18-8(2)15-7)13-16-10-6-4-3-5-9(10)12(14)17-13/h3-6H,1-2H3. The number of aromatic nitrogens is 3. The summed E-state index contributed by atoms with van der Waals surface area (Å²) in [5, 5.41) is 2.37. The molecular formula is C13H10ClN3S. The Kier molecular flexibility index (Phi) is 2.76. The van der Waals surface area contributed by atoms with E-state index in [1.165, 1.54) is 0 Å². The molecule has 0 atom stereocenters. The van der Waals surface area contributed by atoms with Gasteiger partial charge in [0.1, 0.15) is 5.15 Å². The summed E-state index contributed by atoms with van der Waals surface area (Å²) in [6, 6.07) is 7.74. The van der Waals surface area contributed by atoms with Gasteiger partial charge in [-0.1, -0.05) is 23.7 Å². The van der Waals surface area contributed by atoms with Crippen molar-refractivity contribution in [1.29, 1.82) is 0 Å². The number of rotatable bonds is 1. The molecule has 0 aliphatic heterocycles. The van der Waals surface area contributed by atoms with Crippen LogP contribution >= 0.6 is 22.9 Å². The van der Waals surface area contributed by atoms with Crippen molar-refractivity contribution in [2.75, 3.05) is 0 Å². The van der Waals surface area contributed by atoms with Gasteiger partial charge in [0, 0.05) is 5.39 Å². The smallest absolute Gasteiger partial charge is 0.173 e. The number of hydrogen-bond donors (Lipinski definition) is 0. The highest BCUT2D eigenvalue weighted by Crippen LogP contribution is 2.30. The van der Waals surface area contributed by atoms with E-state index >= 15 is 0 Å². The van der Waals surface area contributed by atoms with Crippen LogP contribution in [-0.4, -0.2) is 15.0 Å². The molecule has 0 aliphatic rings. The number of benzene rings is 1. The first-order chi connectivity index (χ1) is 8.65. The molecule has 0 unspecified atom stereocenters. The second-order valence-electron chi connectivity index (χ2n) is 4.00. The summed E-state index contributed by atoms with van der Waals surface area (Å²) >= 11 is 7.79. The van der Waals surface area contributed by atoms with E-state index in [1.54, 1.807) is 11.3 Å². The highest BCUT2D eigenvalue weighted by Gasteiger charge is 2.13. The van der Waals surface area contributed by atoms with Gasteiger partial charge in [-0.05, 0) is 26.0 Å². The van der Waals surface area contributed by atoms with Gasteiger partial charge in [0.25, 0.3) is 0 Å². The van der Waals surface area contributed by atoms with Crippen LogP contribution in [0.15, 0.2) is 24.3 Å². The average molecular weight is 276 g/mol. The van der Waals surface area contributed by atoms with Gasteiger partial charge in [0.05, 0.1) is 21.1 Å². The van der Waals surface area contributed by atoms with E-state index in [0.717, 1.165) is 26.5 Å². The molecule has 3 aromatic rings. The van der Waals surface area contributed by atoms with Crippen molar-refractivity contribution in [3.63, 3.8) is 0 Å². The van der Waals surface area contributed by atoms with Gasteiger partial charge in [-0.2, -0.15) is 0 Å². The molecule has 5 heteroatoms. The molecule has 2 aromatic heterocycles. The molecule has 18 heavy (non-hydrogen) atoms. The summed E-state index contributed by atoms with van der Waals surface area (Å²) in [5.74, 6) is 0.654. The number of nitrogens with zero attached hydrogens (tertiary/aromatic N) is 3. The Morgan fingerprint density at radius 1 is 1.06 bits per heavy atom. The maximum atomic E-state index is 6.20. The first-order valence-corrected chi connectivity index (χ1v) is 6.71. The van der Waals surface area contributed by atoms with Crippen LogP contribution in [0.5, 0.6) is 0 Å². The topological polar surface area (TPSA) is 38.7 Å². The molecule has 3 nitrogen and oxygen atoms in total. The third-order valence-corrected chi connectivity index (χ3v) is 4.02. The van der Waals surface area contributed by atoms with E-state index in [-0.39, 0.29) is 0 Å². The van der Waals surface area contributed by atoms with Crippen molar-refractivity contribution < 1.29 is 0 Å². The lowest BCUT2D eigenvalue weighted by Crippen LogP contribution is -1.91. The second kappa shape index (κ2) is 4.30. The number of fused-ring (bicyclic) bond motifs is 1. The van der Waals surface area contributed by atoms with Crippen molar-refractivity contribution in [3.8, 4) is 10.7 Å². The first-order valence-electron chi connectivity index (χ1n) is 5.52. The molecule has 90 valence electrons. The third-order valence-electron chi connectivity index (χ3n) is 2.66. The van der Waals surface area contributed by atoms with E-state index < -0.39 is 0 Å². The fourth-order valence-electron chi connectivity index (χ4n) is 1.88. The second-order valence-corrected chi connectivity index (χ2v) is 5.56. The minimum absolute atomic E-state index is 0.487. The highest BCUT2D eigenvalue weighted by molar-refractivity contribution is 7.15. The first kappa shape index (κ1) is 11.6. The van der Waals surface area contributed by atoms with Crippen molar-refractivity contribution in [2.24, 2.45) is 0 Å². The quantitative estimate of drug-likeness (QED) is 0.630. The number of aryl methyl sites for hydroxylation is 2. The minimum Gasteiger partial charge on any atom is -0.246 e. The molecule has 0 spiro atoms. The van der Waals surface area contributed by atoms with Crippen LogP contribution < -0.4 is 0 Å². The summed E-state index contributed by atoms with van der Waals surface area (Å²) in [6.07, 6.45) is 0. The number of hydrogen-bond acceptors (Lipinski definition) is 4. The Balaban J connectivity index is 2.27. The molecule has 3 rings (SSSR count). The Labute approximate surface area is 114 Å². The van der Waals surface area contributed by atoms with Gasteiger partial charge < -0.3 is 0 Å². The van der Waals surface area contributed by atoms with Crippen LogP contribution in [0.1, 0.15) is 10.7 Å². The number of thiazole rings is 1. The molecule has 2 heterocycles. The highest BCUT2D eigenvalue weighted by atomic mass is 35.5. The molecule has 0 fully saturated rings. The van der Waals surface area contributed by atoms with Crippen LogP contribution in [0, 0.1) is 13.8 Å². The molecule has 1 aromatic carbocycles. The van der Waals surface area contributed by atoms with Gasteiger partial charge in [0.2, 0.25) is 0 Å². The Morgan fingerprint density at radius 2 is 1.83 bits per heavy atom. The molecular weight excluding hydrogens is 266 g/mol. The molecule has 0 amide bonds. The normalized spacial score (nSPS) is 11.1. The predicted molar refractivity (Wildman–Crippen MR) is 75.1 cm³/mol. The average Bonchev–Trinajstić information content (AvgIpc) is 2.68. The van der Waals surface area contributed by atoms with E-state index in [9.17, 15) is 0 Å². The van der Waals surface area contributed by atoms with E-state index in [0.29, 0.717) is 11.0 Å². The van der Waals surface area contributed by atoms with Gasteiger partial charge in [-0.25, -0.2) is 15.0 Å². The molecule has 0 N–H and O–H groups in total. The van der Waals surface area contributed by atoms with E-state index in [4.69, 9.17) is 11.6 Å². The van der Waals surface area contributed by atoms with Gasteiger partial charge in [0.15, 0.2) is 5.82 Å². The predicted octanol–water partition coefficient (Wildman–Crippen LogP) is 4.02. The fourth-order valence-corrected chi connectivity index (χ4v) is 2.97. The molecule has 0 saturated carbocycles. The maximum Gasteiger partial charge on any atom is 0.173 e. The molecule has 0 saturated heterocycles. The van der Waals surface area contributed by atoms with Gasteiger partial charge in [-0.3, -0.25) is 0 Å². The SMILES string of the molecule is Cc1nc(C)c(-c2nc(Cl)c3ccccc3n2)s1. The van der Waals surface area contributed by atoms with Crippen molar-refractivity contribution in [2.45, 2.75) is 13.8 Å². The van der Waals surface area contributed by atoms with Crippen molar-refractivity contribution in [3.05, 3.63) is 40.1 Å². The van der Waals surface area contributed by atoms with E-state index in [2.05, 4.69) is 15.0 Å². The number of para-hydroxylation sites is 1. The minimum atomic E-state index is 0.487. The summed E-state index contributed by atoms with van der Waals surface area (Å²) in [5.41, 5.74) is 1.81. The summed E-state index contributed by atoms with van der Waals surface area (Å²) in [4.78, 5) is 14.3. The molecule has 0 aliphatic carbocycles. The zero-order chi connectivity index (χ0) is 12.7. The zero-order valence-electron chi connectivity index (χ0n) is 9.94. The van der Waals surface area contributed by atoms with Crippen LogP contribution in [0.2, 0.25) is 5.15 Å². The summed E-state index contributed by atoms with van der Waals surface area (Å²) < 4.78 is 0. The Morgan fingerprint density at radius 3 is 2.56 bits per heavy atom. The van der Waals surface area contributed by atoms with Gasteiger partial charge in [-0.15, -0.1) is 11.3 Å². The fraction of sp³-hybridized carbons (Fsp3) is 0.154. The zero-order valence-corrected chi connectivity index (χ0v) is 11.5. The molecule has 0 bridgehead atoms. The lowest BCUT2D eigenvalue weighted by molar-refractivity contribution is 1.17. The number of halogens is 1. The van der Waals surface area contributed by atoms with Crippen LogP contribution in [0.4, 0.5) is 0 Å². The summed E-state index contributed by atoms with van der Waals surface area (Å²) in [7, 11) is 0. The van der Waals surface area contributed by atoms with Crippen LogP contribution in [-0.2, 0) is 0 Å². The largest absolute Gasteiger partial charge is 0.246 e. The lowest BCUT2D eigenvalue weighted by atomic mass is 10.2. The Bertz CT molecular complexity index is 736.